The molecule has 1 aromatic heterocycles. The molecule has 7 heteroatoms. The Bertz CT molecular complexity index is 339. The second kappa shape index (κ2) is 5.82. The van der Waals surface area contributed by atoms with Crippen LogP contribution in [0.5, 0.6) is 0 Å². The number of amides is 1. The van der Waals surface area contributed by atoms with Crippen molar-refractivity contribution in [2.75, 3.05) is 30.9 Å². The molecule has 4 N–H and O–H groups in total. The van der Waals surface area contributed by atoms with E-state index in [2.05, 4.69) is 15.0 Å². The second-order valence-corrected chi connectivity index (χ2v) is 4.37. The van der Waals surface area contributed by atoms with Gasteiger partial charge >= 0.3 is 0 Å². The molecule has 1 heterocycles. The average molecular weight is 246 g/mol. The minimum Gasteiger partial charge on any atom is -0.382 e. The third-order valence-electron chi connectivity index (χ3n) is 1.79. The summed E-state index contributed by atoms with van der Waals surface area (Å²) in [4.78, 5) is 11.9. The fraction of sp³-hybridized carbons (Fsp3) is 0.500. The van der Waals surface area contributed by atoms with Crippen molar-refractivity contribution in [2.45, 2.75) is 11.3 Å². The molecule has 0 unspecified atom stereocenters. The van der Waals surface area contributed by atoms with Gasteiger partial charge in [-0.1, -0.05) is 0 Å². The lowest BCUT2D eigenvalue weighted by Gasteiger charge is -2.04. The number of nitrogen functional groups attached to an aromatic ring is 1. The number of hydrogen-bond acceptors (Lipinski definition) is 6. The van der Waals surface area contributed by atoms with Crippen LogP contribution < -0.4 is 16.4 Å². The molecule has 0 atom stereocenters. The molecule has 0 aliphatic rings. The van der Waals surface area contributed by atoms with Gasteiger partial charge in [-0.3, -0.25) is 4.79 Å². The molecule has 84 valence electrons. The minimum absolute atomic E-state index is 0.0192. The SMILES string of the molecule is CNC(=O)CCNc1snc(N)c1SC. The Morgan fingerprint density at radius 3 is 3.00 bits per heavy atom. The fourth-order valence-corrected chi connectivity index (χ4v) is 2.59. The Morgan fingerprint density at radius 1 is 1.67 bits per heavy atom. The molecule has 0 spiro atoms. The molecule has 0 saturated heterocycles. The first kappa shape index (κ1) is 12.1. The quantitative estimate of drug-likeness (QED) is 0.675. The van der Waals surface area contributed by atoms with Crippen LogP contribution in [0.4, 0.5) is 10.8 Å². The van der Waals surface area contributed by atoms with Crippen LogP contribution in [0, 0.1) is 0 Å². The maximum Gasteiger partial charge on any atom is 0.221 e. The van der Waals surface area contributed by atoms with Crippen LogP contribution in [0.15, 0.2) is 4.90 Å². The molecule has 0 aliphatic carbocycles. The van der Waals surface area contributed by atoms with E-state index in [-0.39, 0.29) is 5.91 Å². The Labute approximate surface area is 97.0 Å². The predicted octanol–water partition coefficient (Wildman–Crippen LogP) is 0.995. The van der Waals surface area contributed by atoms with Gasteiger partial charge in [0.1, 0.15) is 5.00 Å². The summed E-state index contributed by atoms with van der Waals surface area (Å²) in [6.07, 6.45) is 2.39. The molecular weight excluding hydrogens is 232 g/mol. The first-order valence-electron chi connectivity index (χ1n) is 4.42. The molecule has 0 bridgehead atoms. The third-order valence-corrected chi connectivity index (χ3v) is 3.56. The predicted molar refractivity (Wildman–Crippen MR) is 65.5 cm³/mol. The summed E-state index contributed by atoms with van der Waals surface area (Å²) in [7, 11) is 1.63. The molecule has 0 aromatic carbocycles. The first-order chi connectivity index (χ1) is 7.19. The summed E-state index contributed by atoms with van der Waals surface area (Å²) in [5, 5.41) is 6.64. The molecule has 0 saturated carbocycles. The largest absolute Gasteiger partial charge is 0.382 e. The standard InChI is InChI=1S/C8H14N4OS2/c1-10-5(13)3-4-11-8-6(14-2)7(9)12-15-8/h11H,3-4H2,1-2H3,(H2,9,12)(H,10,13). The van der Waals surface area contributed by atoms with Gasteiger partial charge in [-0.25, -0.2) is 0 Å². The van der Waals surface area contributed by atoms with Gasteiger partial charge < -0.3 is 16.4 Å². The van der Waals surface area contributed by atoms with Crippen molar-refractivity contribution in [1.29, 1.82) is 0 Å². The van der Waals surface area contributed by atoms with Crippen molar-refractivity contribution < 1.29 is 4.79 Å². The van der Waals surface area contributed by atoms with Gasteiger partial charge in [-0.15, -0.1) is 11.8 Å². The van der Waals surface area contributed by atoms with Gasteiger partial charge in [0.25, 0.3) is 0 Å². The van der Waals surface area contributed by atoms with Gasteiger partial charge in [-0.2, -0.15) is 4.37 Å². The smallest absolute Gasteiger partial charge is 0.221 e. The molecule has 5 nitrogen and oxygen atoms in total. The van der Waals surface area contributed by atoms with Crippen molar-refractivity contribution in [1.82, 2.24) is 9.69 Å². The highest BCUT2D eigenvalue weighted by atomic mass is 32.2. The number of nitrogens with two attached hydrogens (primary N) is 1. The Morgan fingerprint density at radius 2 is 2.40 bits per heavy atom. The summed E-state index contributed by atoms with van der Waals surface area (Å²) >= 11 is 2.87. The van der Waals surface area contributed by atoms with Crippen LogP contribution >= 0.6 is 23.3 Å². The van der Waals surface area contributed by atoms with E-state index in [9.17, 15) is 4.79 Å². The maximum atomic E-state index is 11.0. The van der Waals surface area contributed by atoms with Crippen LogP contribution in [0.25, 0.3) is 0 Å². The van der Waals surface area contributed by atoms with Crippen molar-refractivity contribution in [2.24, 2.45) is 0 Å². The molecule has 0 fully saturated rings. The maximum absolute atomic E-state index is 11.0. The van der Waals surface area contributed by atoms with Crippen LogP contribution in [0.3, 0.4) is 0 Å². The van der Waals surface area contributed by atoms with E-state index in [1.165, 1.54) is 11.5 Å². The zero-order valence-electron chi connectivity index (χ0n) is 8.66. The molecular formula is C8H14N4OS2. The number of rotatable bonds is 5. The minimum atomic E-state index is 0.0192. The molecule has 1 rings (SSSR count). The van der Waals surface area contributed by atoms with E-state index < -0.39 is 0 Å². The zero-order valence-corrected chi connectivity index (χ0v) is 10.3. The lowest BCUT2D eigenvalue weighted by Crippen LogP contribution is -2.20. The lowest BCUT2D eigenvalue weighted by molar-refractivity contribution is -0.120. The molecule has 0 aliphatic heterocycles. The van der Waals surface area contributed by atoms with Crippen LogP contribution in [-0.4, -0.2) is 30.1 Å². The van der Waals surface area contributed by atoms with Gasteiger partial charge in [0.2, 0.25) is 5.91 Å². The number of nitrogens with zero attached hydrogens (tertiary/aromatic N) is 1. The van der Waals surface area contributed by atoms with E-state index in [1.807, 2.05) is 6.26 Å². The van der Waals surface area contributed by atoms with E-state index in [0.29, 0.717) is 18.8 Å². The van der Waals surface area contributed by atoms with Crippen LogP contribution in [0.1, 0.15) is 6.42 Å². The highest BCUT2D eigenvalue weighted by Crippen LogP contribution is 2.34. The molecule has 0 radical (unpaired) electrons. The van der Waals surface area contributed by atoms with Crippen LogP contribution in [-0.2, 0) is 4.79 Å². The molecule has 1 amide bonds. The summed E-state index contributed by atoms with van der Waals surface area (Å²) in [6, 6.07) is 0. The summed E-state index contributed by atoms with van der Waals surface area (Å²) in [5.41, 5.74) is 5.67. The average Bonchev–Trinajstić information content (AvgIpc) is 2.59. The molecule has 1 aromatic rings. The lowest BCUT2D eigenvalue weighted by atomic mass is 10.4. The number of aromatic nitrogens is 1. The number of carbonyl (C=O) groups excluding carboxylic acids is 1. The van der Waals surface area contributed by atoms with Gasteiger partial charge in [0.05, 0.1) is 4.90 Å². The van der Waals surface area contributed by atoms with Crippen molar-refractivity contribution in [3.05, 3.63) is 0 Å². The van der Waals surface area contributed by atoms with E-state index in [4.69, 9.17) is 5.73 Å². The zero-order chi connectivity index (χ0) is 11.3. The number of carbonyl (C=O) groups is 1. The van der Waals surface area contributed by atoms with Crippen molar-refractivity contribution in [3.8, 4) is 0 Å². The number of thioether (sulfide) groups is 1. The fourth-order valence-electron chi connectivity index (χ4n) is 1.02. The van der Waals surface area contributed by atoms with Crippen LogP contribution in [0.2, 0.25) is 0 Å². The summed E-state index contributed by atoms with van der Waals surface area (Å²) in [5.74, 6) is 0.570. The normalized spacial score (nSPS) is 10.0. The second-order valence-electron chi connectivity index (χ2n) is 2.78. The highest BCUT2D eigenvalue weighted by molar-refractivity contribution is 7.99. The third kappa shape index (κ3) is 3.28. The van der Waals surface area contributed by atoms with Gasteiger partial charge in [0.15, 0.2) is 5.82 Å². The number of nitrogens with one attached hydrogen (secondary N) is 2. The summed E-state index contributed by atoms with van der Waals surface area (Å²) < 4.78 is 4.04. The topological polar surface area (TPSA) is 80.0 Å². The van der Waals surface area contributed by atoms with Gasteiger partial charge in [0, 0.05) is 20.0 Å². The Balaban J connectivity index is 2.47. The van der Waals surface area contributed by atoms with Gasteiger partial charge in [-0.05, 0) is 17.8 Å². The Kier molecular flexibility index (Phi) is 4.70. The van der Waals surface area contributed by atoms with Crippen molar-refractivity contribution in [3.63, 3.8) is 0 Å². The summed E-state index contributed by atoms with van der Waals surface area (Å²) in [6.45, 7) is 0.592. The van der Waals surface area contributed by atoms with E-state index >= 15 is 0 Å². The number of hydrogen-bond donors (Lipinski definition) is 3. The van der Waals surface area contributed by atoms with E-state index in [1.54, 1.807) is 18.8 Å². The van der Waals surface area contributed by atoms with E-state index in [0.717, 1.165) is 9.90 Å². The first-order valence-corrected chi connectivity index (χ1v) is 6.42. The Hall–Kier alpha value is -0.950. The number of anilines is 2. The monoisotopic (exact) mass is 246 g/mol. The highest BCUT2D eigenvalue weighted by Gasteiger charge is 2.09. The van der Waals surface area contributed by atoms with Crippen molar-refractivity contribution >= 4 is 40.0 Å². The molecule has 15 heavy (non-hydrogen) atoms.